The molecule has 0 fully saturated rings. The standard InChI is InChI=1S/C19H11Cl2N5OS2/c20-12-3-1-4-13(17(12)21)25-15(27)9-29-19-11(8-23)16(14-5-2-6-28-14)10(7-22)18(24)26-19/h1-6H,9H2,(H2,24,26)(H,25,27)/p+1. The van der Waals surface area contributed by atoms with E-state index in [1.807, 2.05) is 23.6 Å². The molecule has 3 rings (SSSR count). The van der Waals surface area contributed by atoms with Crippen LogP contribution in [0.3, 0.4) is 0 Å². The summed E-state index contributed by atoms with van der Waals surface area (Å²) in [5.74, 6) is -0.212. The van der Waals surface area contributed by atoms with Crippen LogP contribution < -0.4 is 16.0 Å². The van der Waals surface area contributed by atoms with Crippen LogP contribution in [0.25, 0.3) is 10.4 Å². The molecule has 0 bridgehead atoms. The summed E-state index contributed by atoms with van der Waals surface area (Å²) in [5.41, 5.74) is 7.32. The monoisotopic (exact) mass is 460 g/mol. The van der Waals surface area contributed by atoms with Crippen molar-refractivity contribution in [1.29, 1.82) is 10.5 Å². The highest BCUT2D eigenvalue weighted by atomic mass is 35.5. The Morgan fingerprint density at radius 2 is 1.97 bits per heavy atom. The number of pyridine rings is 1. The molecule has 2 aromatic heterocycles. The smallest absolute Gasteiger partial charge is 0.289 e. The van der Waals surface area contributed by atoms with Gasteiger partial charge >= 0.3 is 0 Å². The number of thioether (sulfide) groups is 1. The highest BCUT2D eigenvalue weighted by Gasteiger charge is 2.25. The van der Waals surface area contributed by atoms with Crippen LogP contribution in [0.5, 0.6) is 0 Å². The van der Waals surface area contributed by atoms with E-state index in [1.54, 1.807) is 18.2 Å². The SMILES string of the molecule is N#Cc1c(N)[nH+]c(SCC(=O)Nc2cccc(Cl)c2Cl)c(C#N)c1-c1cccs1. The molecule has 0 spiro atoms. The Morgan fingerprint density at radius 1 is 1.21 bits per heavy atom. The summed E-state index contributed by atoms with van der Waals surface area (Å²) in [6.07, 6.45) is 0. The van der Waals surface area contributed by atoms with Crippen LogP contribution in [0.4, 0.5) is 11.5 Å². The number of aromatic nitrogens is 1. The number of rotatable bonds is 5. The number of aromatic amines is 1. The molecule has 1 aromatic carbocycles. The number of carbonyl (C=O) groups excluding carboxylic acids is 1. The van der Waals surface area contributed by atoms with E-state index >= 15 is 0 Å². The number of nitrogens with two attached hydrogens (primary N) is 1. The predicted molar refractivity (Wildman–Crippen MR) is 116 cm³/mol. The molecule has 2 heterocycles. The van der Waals surface area contributed by atoms with Crippen molar-refractivity contribution in [3.8, 4) is 22.6 Å². The Morgan fingerprint density at radius 3 is 2.62 bits per heavy atom. The van der Waals surface area contributed by atoms with Gasteiger partial charge in [0.25, 0.3) is 5.82 Å². The van der Waals surface area contributed by atoms with Gasteiger partial charge in [0.1, 0.15) is 17.7 Å². The van der Waals surface area contributed by atoms with Gasteiger partial charge in [-0.3, -0.25) is 10.5 Å². The van der Waals surface area contributed by atoms with Crippen LogP contribution in [0.15, 0.2) is 40.7 Å². The van der Waals surface area contributed by atoms with E-state index in [4.69, 9.17) is 28.9 Å². The molecule has 4 N–H and O–H groups in total. The Hall–Kier alpha value is -2.75. The third kappa shape index (κ3) is 4.47. The van der Waals surface area contributed by atoms with E-state index in [9.17, 15) is 15.3 Å². The van der Waals surface area contributed by atoms with E-state index in [2.05, 4.69) is 16.4 Å². The number of amides is 1. The van der Waals surface area contributed by atoms with E-state index < -0.39 is 0 Å². The van der Waals surface area contributed by atoms with Crippen LogP contribution >= 0.6 is 46.3 Å². The predicted octanol–water partition coefficient (Wildman–Crippen LogP) is 4.59. The van der Waals surface area contributed by atoms with Crippen molar-refractivity contribution in [2.75, 3.05) is 16.8 Å². The van der Waals surface area contributed by atoms with Crippen molar-refractivity contribution in [1.82, 2.24) is 0 Å². The second kappa shape index (κ2) is 9.17. The topological polar surface area (TPSA) is 117 Å². The van der Waals surface area contributed by atoms with Crippen molar-refractivity contribution >= 4 is 63.7 Å². The van der Waals surface area contributed by atoms with Gasteiger partial charge in [-0.1, -0.05) is 47.1 Å². The summed E-state index contributed by atoms with van der Waals surface area (Å²) in [6.45, 7) is 0. The highest BCUT2D eigenvalue weighted by molar-refractivity contribution is 7.99. The molecule has 144 valence electrons. The third-order valence-corrected chi connectivity index (χ3v) is 6.52. The number of nitrogen functional groups attached to an aromatic ring is 1. The number of H-pyrrole nitrogens is 1. The summed E-state index contributed by atoms with van der Waals surface area (Å²) in [4.78, 5) is 16.0. The van der Waals surface area contributed by atoms with Gasteiger partial charge in [0.15, 0.2) is 10.6 Å². The number of hydrogen-bond acceptors (Lipinski definition) is 6. The second-order valence-electron chi connectivity index (χ2n) is 5.63. The van der Waals surface area contributed by atoms with E-state index in [0.717, 1.165) is 16.6 Å². The first-order valence-electron chi connectivity index (χ1n) is 8.05. The summed E-state index contributed by atoms with van der Waals surface area (Å²) in [5, 5.41) is 24.7. The molecule has 1 amide bonds. The van der Waals surface area contributed by atoms with Crippen LogP contribution in [-0.2, 0) is 4.79 Å². The zero-order chi connectivity index (χ0) is 21.0. The average molecular weight is 461 g/mol. The minimum atomic E-state index is -0.336. The quantitative estimate of drug-likeness (QED) is 0.539. The van der Waals surface area contributed by atoms with E-state index in [0.29, 0.717) is 21.3 Å². The lowest BCUT2D eigenvalue weighted by Gasteiger charge is -2.10. The highest BCUT2D eigenvalue weighted by Crippen LogP contribution is 2.36. The van der Waals surface area contributed by atoms with Crippen molar-refractivity contribution in [3.05, 3.63) is 56.9 Å². The van der Waals surface area contributed by atoms with Crippen molar-refractivity contribution in [2.24, 2.45) is 0 Å². The minimum Gasteiger partial charge on any atom is -0.324 e. The lowest BCUT2D eigenvalue weighted by atomic mass is 10.0. The van der Waals surface area contributed by atoms with Gasteiger partial charge in [-0.25, -0.2) is 4.98 Å². The maximum Gasteiger partial charge on any atom is 0.289 e. The number of nitrogens with zero attached hydrogens (tertiary/aromatic N) is 2. The maximum absolute atomic E-state index is 12.4. The Balaban J connectivity index is 1.88. The first-order valence-corrected chi connectivity index (χ1v) is 10.7. The largest absolute Gasteiger partial charge is 0.324 e. The second-order valence-corrected chi connectivity index (χ2v) is 8.35. The van der Waals surface area contributed by atoms with Crippen molar-refractivity contribution < 1.29 is 9.78 Å². The normalized spacial score (nSPS) is 10.2. The van der Waals surface area contributed by atoms with Crippen LogP contribution in [-0.4, -0.2) is 11.7 Å². The number of anilines is 2. The van der Waals surface area contributed by atoms with Gasteiger partial charge in [0.05, 0.1) is 21.5 Å². The number of hydrogen-bond donors (Lipinski definition) is 2. The number of halogens is 2. The fraction of sp³-hybridized carbons (Fsp3) is 0.0526. The van der Waals surface area contributed by atoms with Gasteiger partial charge in [-0.15, -0.1) is 11.3 Å². The van der Waals surface area contributed by atoms with Gasteiger partial charge < -0.3 is 5.32 Å². The van der Waals surface area contributed by atoms with Crippen LogP contribution in [0.2, 0.25) is 10.0 Å². The molecule has 3 aromatic rings. The van der Waals surface area contributed by atoms with Gasteiger partial charge in [0, 0.05) is 10.4 Å². The summed E-state index contributed by atoms with van der Waals surface area (Å²) < 4.78 is 0. The number of thiophene rings is 1. The van der Waals surface area contributed by atoms with Gasteiger partial charge in [0.2, 0.25) is 5.91 Å². The molecule has 0 atom stereocenters. The zero-order valence-electron chi connectivity index (χ0n) is 14.6. The zero-order valence-corrected chi connectivity index (χ0v) is 17.8. The summed E-state index contributed by atoms with van der Waals surface area (Å²) >= 11 is 14.5. The Labute approximate surface area is 184 Å². The van der Waals surface area contributed by atoms with E-state index in [1.165, 1.54) is 11.3 Å². The number of benzene rings is 1. The molecule has 0 aliphatic rings. The summed E-state index contributed by atoms with van der Waals surface area (Å²) in [6, 6.07) is 12.7. The number of nitrogens with one attached hydrogen (secondary N) is 2. The lowest BCUT2D eigenvalue weighted by molar-refractivity contribution is -0.410. The van der Waals surface area contributed by atoms with Crippen LogP contribution in [0, 0.1) is 22.7 Å². The fourth-order valence-electron chi connectivity index (χ4n) is 2.54. The summed E-state index contributed by atoms with van der Waals surface area (Å²) in [7, 11) is 0. The molecule has 6 nitrogen and oxygen atoms in total. The van der Waals surface area contributed by atoms with Gasteiger partial charge in [-0.05, 0) is 23.6 Å². The molecular formula is C19H12Cl2N5OS2+. The molecule has 0 saturated carbocycles. The van der Waals surface area contributed by atoms with Crippen LogP contribution in [0.1, 0.15) is 11.1 Å². The molecule has 0 radical (unpaired) electrons. The maximum atomic E-state index is 12.4. The number of nitriles is 2. The molecule has 29 heavy (non-hydrogen) atoms. The average Bonchev–Trinajstić information content (AvgIpc) is 3.23. The van der Waals surface area contributed by atoms with Gasteiger partial charge in [-0.2, -0.15) is 10.5 Å². The molecule has 0 aliphatic heterocycles. The first kappa shape index (κ1) is 21.0. The number of carbonyl (C=O) groups is 1. The first-order chi connectivity index (χ1) is 14.0. The lowest BCUT2D eigenvalue weighted by Crippen LogP contribution is -2.20. The van der Waals surface area contributed by atoms with Crippen molar-refractivity contribution in [2.45, 2.75) is 5.03 Å². The molecule has 0 unspecified atom stereocenters. The Bertz CT molecular complexity index is 1170. The Kier molecular flexibility index (Phi) is 6.63. The third-order valence-electron chi connectivity index (χ3n) is 3.81. The minimum absolute atomic E-state index is 0.0107. The molecular weight excluding hydrogens is 449 g/mol. The fourth-order valence-corrected chi connectivity index (χ4v) is 4.50. The molecule has 10 heteroatoms. The molecule has 0 saturated heterocycles. The van der Waals surface area contributed by atoms with E-state index in [-0.39, 0.29) is 33.6 Å². The molecule has 0 aliphatic carbocycles. The van der Waals surface area contributed by atoms with Crippen molar-refractivity contribution in [3.63, 3.8) is 0 Å².